The lowest BCUT2D eigenvalue weighted by Crippen LogP contribution is -1.98. The summed E-state index contributed by atoms with van der Waals surface area (Å²) in [6.45, 7) is 6.91. The maximum atomic E-state index is 11.6. The Bertz CT molecular complexity index is 712. The SMILES string of the molecule is CCCCCCCCCCCC[SH](C)c1cc(CCCCCCCCC)cc([SH](C)CCCCCCCCCCCC)c1O. The van der Waals surface area contributed by atoms with Gasteiger partial charge in [0, 0.05) is 9.79 Å². The van der Waals surface area contributed by atoms with Crippen LogP contribution >= 0.6 is 21.8 Å². The van der Waals surface area contributed by atoms with E-state index in [1.165, 1.54) is 207 Å². The Kier molecular flexibility index (Phi) is 28.5. The molecule has 1 nitrogen and oxygen atoms in total. The van der Waals surface area contributed by atoms with Gasteiger partial charge in [0.15, 0.2) is 0 Å². The Labute approximate surface area is 283 Å². The van der Waals surface area contributed by atoms with Gasteiger partial charge in [0.25, 0.3) is 0 Å². The second kappa shape index (κ2) is 30.1. The second-order valence-corrected chi connectivity index (χ2v) is 18.7. The van der Waals surface area contributed by atoms with Crippen molar-refractivity contribution in [3.05, 3.63) is 17.7 Å². The monoisotopic (exact) mass is 653 g/mol. The van der Waals surface area contributed by atoms with Crippen LogP contribution in [0.2, 0.25) is 0 Å². The number of benzene rings is 1. The van der Waals surface area contributed by atoms with Crippen LogP contribution in [0.25, 0.3) is 0 Å². The van der Waals surface area contributed by atoms with Crippen LogP contribution in [0.3, 0.4) is 0 Å². The lowest BCUT2D eigenvalue weighted by molar-refractivity contribution is 0.447. The first kappa shape index (κ1) is 41.7. The van der Waals surface area contributed by atoms with E-state index in [9.17, 15) is 5.11 Å². The molecule has 1 aromatic carbocycles. The lowest BCUT2D eigenvalue weighted by Gasteiger charge is -2.25. The standard InChI is InChI=1S/C41H80OS2/c1-6-9-12-15-18-20-22-25-28-31-34-43(4)39-36-38(33-30-27-24-17-14-11-8-3)37-40(41(39)42)44(5)35-32-29-26-23-21-19-16-13-10-7-2/h36-37,42-44H,6-35H2,1-5H3. The van der Waals surface area contributed by atoms with Gasteiger partial charge < -0.3 is 5.11 Å². The number of phenols is 1. The molecule has 1 aromatic rings. The fourth-order valence-electron chi connectivity index (χ4n) is 6.59. The number of aromatic hydroxyl groups is 1. The summed E-state index contributed by atoms with van der Waals surface area (Å²) in [7, 11) is -0.571. The van der Waals surface area contributed by atoms with E-state index in [1.54, 1.807) is 0 Å². The van der Waals surface area contributed by atoms with E-state index in [1.807, 2.05) is 0 Å². The van der Waals surface area contributed by atoms with Crippen molar-refractivity contribution in [1.82, 2.24) is 0 Å². The summed E-state index contributed by atoms with van der Waals surface area (Å²) in [5, 5.41) is 11.6. The van der Waals surface area contributed by atoms with Gasteiger partial charge in [0.2, 0.25) is 0 Å². The smallest absolute Gasteiger partial charge is 0.139 e. The van der Waals surface area contributed by atoms with Crippen LogP contribution < -0.4 is 0 Å². The summed E-state index contributed by atoms with van der Waals surface area (Å²) in [5.41, 5.74) is 1.51. The molecule has 1 N–H and O–H groups in total. The molecule has 0 saturated heterocycles. The van der Waals surface area contributed by atoms with Crippen molar-refractivity contribution in [3.63, 3.8) is 0 Å². The molecular weight excluding hydrogens is 573 g/mol. The molecule has 0 amide bonds. The van der Waals surface area contributed by atoms with Gasteiger partial charge >= 0.3 is 0 Å². The quantitative estimate of drug-likeness (QED) is 0.0522. The third kappa shape index (κ3) is 21.5. The van der Waals surface area contributed by atoms with Gasteiger partial charge in [-0.3, -0.25) is 0 Å². The molecule has 44 heavy (non-hydrogen) atoms. The van der Waals surface area contributed by atoms with E-state index in [-0.39, 0.29) is 21.8 Å². The molecule has 0 saturated carbocycles. The zero-order valence-electron chi connectivity index (χ0n) is 30.7. The van der Waals surface area contributed by atoms with Crippen molar-refractivity contribution in [3.8, 4) is 5.75 Å². The first-order valence-electron chi connectivity index (χ1n) is 19.8. The molecule has 0 aliphatic carbocycles. The van der Waals surface area contributed by atoms with Crippen molar-refractivity contribution in [2.24, 2.45) is 0 Å². The molecule has 0 aliphatic rings. The molecule has 0 heterocycles. The first-order chi connectivity index (χ1) is 21.5. The Morgan fingerprint density at radius 2 is 0.682 bits per heavy atom. The number of phenolic OH excluding ortho intramolecular Hbond substituents is 1. The third-order valence-corrected chi connectivity index (χ3v) is 14.0. The van der Waals surface area contributed by atoms with Crippen LogP contribution in [0.1, 0.15) is 200 Å². The van der Waals surface area contributed by atoms with Crippen LogP contribution in [0, 0.1) is 0 Å². The predicted molar refractivity (Wildman–Crippen MR) is 210 cm³/mol. The highest BCUT2D eigenvalue weighted by Crippen LogP contribution is 2.49. The highest BCUT2D eigenvalue weighted by atomic mass is 32.2. The van der Waals surface area contributed by atoms with Crippen LogP contribution in [0.5, 0.6) is 5.75 Å². The summed E-state index contributed by atoms with van der Waals surface area (Å²) in [6, 6.07) is 4.86. The highest BCUT2D eigenvalue weighted by Gasteiger charge is 2.16. The zero-order valence-corrected chi connectivity index (χ0v) is 32.5. The fourth-order valence-corrected chi connectivity index (χ4v) is 10.3. The Morgan fingerprint density at radius 3 is 1.00 bits per heavy atom. The van der Waals surface area contributed by atoms with E-state index in [0.29, 0.717) is 5.75 Å². The molecule has 0 bridgehead atoms. The summed E-state index contributed by atoms with van der Waals surface area (Å²) < 4.78 is 0. The normalized spacial score (nSPS) is 13.8. The predicted octanol–water partition coefficient (Wildman–Crippen LogP) is 14.5. The van der Waals surface area contributed by atoms with Crippen LogP contribution in [0.4, 0.5) is 0 Å². The largest absolute Gasteiger partial charge is 0.506 e. The summed E-state index contributed by atoms with van der Waals surface area (Å²) in [6.07, 6.45) is 43.6. The van der Waals surface area contributed by atoms with Gasteiger partial charge in [-0.1, -0.05) is 175 Å². The molecule has 0 radical (unpaired) electrons. The molecule has 0 spiro atoms. The Hall–Kier alpha value is -0.280. The average molecular weight is 653 g/mol. The second-order valence-electron chi connectivity index (χ2n) is 14.1. The molecule has 2 atom stereocenters. The van der Waals surface area contributed by atoms with E-state index in [4.69, 9.17) is 0 Å². The minimum absolute atomic E-state index is 0.285. The minimum Gasteiger partial charge on any atom is -0.506 e. The van der Waals surface area contributed by atoms with Crippen molar-refractivity contribution in [1.29, 1.82) is 0 Å². The lowest BCUT2D eigenvalue weighted by atomic mass is 10.0. The number of hydrogen-bond acceptors (Lipinski definition) is 1. The van der Waals surface area contributed by atoms with Crippen LogP contribution in [0.15, 0.2) is 21.9 Å². The number of hydrogen-bond donors (Lipinski definition) is 3. The third-order valence-electron chi connectivity index (χ3n) is 9.72. The van der Waals surface area contributed by atoms with Gasteiger partial charge in [0.05, 0.1) is 0 Å². The zero-order chi connectivity index (χ0) is 32.1. The van der Waals surface area contributed by atoms with E-state index in [2.05, 4.69) is 45.4 Å². The van der Waals surface area contributed by atoms with Crippen LogP contribution in [-0.2, 0) is 6.42 Å². The average Bonchev–Trinajstić information content (AvgIpc) is 3.02. The van der Waals surface area contributed by atoms with Crippen molar-refractivity contribution >= 4 is 21.8 Å². The number of unbranched alkanes of at least 4 members (excludes halogenated alkanes) is 24. The van der Waals surface area contributed by atoms with Crippen molar-refractivity contribution in [2.45, 2.75) is 210 Å². The Morgan fingerprint density at radius 1 is 0.409 bits per heavy atom. The first-order valence-corrected chi connectivity index (χ1v) is 23.8. The van der Waals surface area contributed by atoms with Crippen LogP contribution in [-0.4, -0.2) is 29.1 Å². The summed E-state index contributed by atoms with van der Waals surface area (Å²) in [4.78, 5) is 2.65. The number of thiol groups is 2. The van der Waals surface area contributed by atoms with Gasteiger partial charge in [-0.25, -0.2) is 21.8 Å². The van der Waals surface area contributed by atoms with E-state index in [0.717, 1.165) is 0 Å². The fraction of sp³-hybridized carbons (Fsp3) is 0.854. The van der Waals surface area contributed by atoms with Gasteiger partial charge in [-0.15, -0.1) is 0 Å². The molecule has 0 aliphatic heterocycles. The van der Waals surface area contributed by atoms with Gasteiger partial charge in [0.1, 0.15) is 5.75 Å². The molecular formula is C41H80OS2. The number of rotatable bonds is 32. The summed E-state index contributed by atoms with van der Waals surface area (Å²) >= 11 is 0. The van der Waals surface area contributed by atoms with Crippen molar-refractivity contribution < 1.29 is 5.11 Å². The van der Waals surface area contributed by atoms with Gasteiger partial charge in [-0.2, -0.15) is 0 Å². The van der Waals surface area contributed by atoms with Crippen molar-refractivity contribution in [2.75, 3.05) is 24.0 Å². The van der Waals surface area contributed by atoms with E-state index < -0.39 is 0 Å². The molecule has 0 fully saturated rings. The summed E-state index contributed by atoms with van der Waals surface area (Å²) in [5.74, 6) is 3.24. The topological polar surface area (TPSA) is 20.2 Å². The molecule has 3 heteroatoms. The molecule has 262 valence electrons. The Balaban J connectivity index is 2.60. The van der Waals surface area contributed by atoms with E-state index >= 15 is 0 Å². The minimum atomic E-state index is -0.285. The highest BCUT2D eigenvalue weighted by molar-refractivity contribution is 8.17. The maximum absolute atomic E-state index is 11.6. The molecule has 2 unspecified atom stereocenters. The molecule has 1 rings (SSSR count). The number of aryl methyl sites for hydroxylation is 1. The maximum Gasteiger partial charge on any atom is 0.139 e. The van der Waals surface area contributed by atoms with Gasteiger partial charge in [-0.05, 0) is 67.4 Å². The molecule has 0 aromatic heterocycles.